The van der Waals surface area contributed by atoms with Crippen LogP contribution in [0, 0.1) is 26.2 Å². The zero-order valence-electron chi connectivity index (χ0n) is 19.0. The minimum Gasteiger partial charge on any atom is -0.453 e. The van der Waals surface area contributed by atoms with E-state index in [0.717, 1.165) is 28.9 Å². The first kappa shape index (κ1) is 22.7. The number of carbonyl (C=O) groups excluding carboxylic acids is 1. The predicted octanol–water partition coefficient (Wildman–Crippen LogP) is 6.17. The Hall–Kier alpha value is -2.62. The number of carbonyl (C=O) groups is 1. The van der Waals surface area contributed by atoms with Crippen molar-refractivity contribution >= 4 is 18.0 Å². The van der Waals surface area contributed by atoms with Crippen molar-refractivity contribution in [3.05, 3.63) is 64.2 Å². The van der Waals surface area contributed by atoms with E-state index in [4.69, 9.17) is 4.74 Å². The van der Waals surface area contributed by atoms with Crippen LogP contribution >= 0.6 is 0 Å². The van der Waals surface area contributed by atoms with Crippen LogP contribution in [-0.2, 0) is 4.74 Å². The average Bonchev–Trinajstić information content (AvgIpc) is 2.65. The molecule has 0 aliphatic heterocycles. The third-order valence-electron chi connectivity index (χ3n) is 5.05. The summed E-state index contributed by atoms with van der Waals surface area (Å²) in [6.07, 6.45) is 1.48. The highest BCUT2D eigenvalue weighted by Crippen LogP contribution is 2.37. The van der Waals surface area contributed by atoms with Crippen molar-refractivity contribution in [1.82, 2.24) is 4.90 Å². The third kappa shape index (κ3) is 5.93. The number of esters is 1. The number of benzene rings is 2. The lowest BCUT2D eigenvalue weighted by Crippen LogP contribution is -2.24. The number of hydrogen-bond donors (Lipinski definition) is 0. The summed E-state index contributed by atoms with van der Waals surface area (Å²) in [4.78, 5) is 19.6. The first-order valence-electron chi connectivity index (χ1n) is 10.2. The number of aryl methyl sites for hydroxylation is 3. The summed E-state index contributed by atoms with van der Waals surface area (Å²) in [5.74, 6) is -0.299. The van der Waals surface area contributed by atoms with E-state index in [1.165, 1.54) is 5.56 Å². The lowest BCUT2D eigenvalue weighted by atomic mass is 9.84. The van der Waals surface area contributed by atoms with Crippen molar-refractivity contribution in [2.75, 3.05) is 13.6 Å². The molecule has 1 atom stereocenters. The van der Waals surface area contributed by atoms with Crippen LogP contribution in [0.3, 0.4) is 0 Å². The molecule has 1 unspecified atom stereocenters. The monoisotopic (exact) mass is 394 g/mol. The number of nitrogens with zero attached hydrogens (tertiary/aromatic N) is 2. The van der Waals surface area contributed by atoms with Crippen LogP contribution < -0.4 is 0 Å². The molecule has 2 rings (SSSR count). The van der Waals surface area contributed by atoms with Gasteiger partial charge in [-0.2, -0.15) is 0 Å². The van der Waals surface area contributed by atoms with Gasteiger partial charge in [-0.3, -0.25) is 0 Å². The summed E-state index contributed by atoms with van der Waals surface area (Å²) in [7, 11) is 1.98. The Morgan fingerprint density at radius 2 is 1.72 bits per heavy atom. The van der Waals surface area contributed by atoms with Crippen molar-refractivity contribution in [2.24, 2.45) is 10.4 Å². The fourth-order valence-electron chi connectivity index (χ4n) is 3.06. The Balaban J connectivity index is 2.31. The van der Waals surface area contributed by atoms with Gasteiger partial charge in [0.25, 0.3) is 0 Å². The molecule has 29 heavy (non-hydrogen) atoms. The van der Waals surface area contributed by atoms with Gasteiger partial charge < -0.3 is 9.64 Å². The van der Waals surface area contributed by atoms with Gasteiger partial charge in [0, 0.05) is 19.0 Å². The molecule has 0 aliphatic rings. The van der Waals surface area contributed by atoms with Crippen molar-refractivity contribution < 1.29 is 9.53 Å². The lowest BCUT2D eigenvalue weighted by molar-refractivity contribution is -0.00402. The molecule has 0 radical (unpaired) electrons. The maximum absolute atomic E-state index is 13.1. The molecule has 0 fully saturated rings. The molecule has 156 valence electrons. The largest absolute Gasteiger partial charge is 0.453 e. The highest BCUT2D eigenvalue weighted by Gasteiger charge is 2.31. The van der Waals surface area contributed by atoms with Gasteiger partial charge in [0.15, 0.2) is 0 Å². The molecule has 2 aromatic rings. The average molecular weight is 395 g/mol. The molecule has 0 heterocycles. The quantitative estimate of drug-likeness (QED) is 0.334. The van der Waals surface area contributed by atoms with E-state index in [-0.39, 0.29) is 17.5 Å². The summed E-state index contributed by atoms with van der Waals surface area (Å²) in [5.41, 5.74) is 5.24. The molecule has 0 aromatic heterocycles. The number of hydrogen-bond acceptors (Lipinski definition) is 3. The highest BCUT2D eigenvalue weighted by molar-refractivity contribution is 5.92. The first-order chi connectivity index (χ1) is 13.5. The van der Waals surface area contributed by atoms with Crippen LogP contribution in [0.15, 0.2) is 41.4 Å². The summed E-state index contributed by atoms with van der Waals surface area (Å²) >= 11 is 0. The van der Waals surface area contributed by atoms with Gasteiger partial charge in [-0.05, 0) is 56.5 Å². The van der Waals surface area contributed by atoms with Crippen molar-refractivity contribution in [1.29, 1.82) is 0 Å². The number of rotatable bonds is 6. The Labute approximate surface area is 175 Å². The molecule has 0 saturated carbocycles. The molecule has 0 N–H and O–H groups in total. The second kappa shape index (κ2) is 9.25. The van der Waals surface area contributed by atoms with Crippen LogP contribution in [0.4, 0.5) is 5.69 Å². The smallest absolute Gasteiger partial charge is 0.339 e. The molecule has 4 nitrogen and oxygen atoms in total. The van der Waals surface area contributed by atoms with Crippen LogP contribution in [0.5, 0.6) is 0 Å². The summed E-state index contributed by atoms with van der Waals surface area (Å²) in [6.45, 7) is 15.2. The van der Waals surface area contributed by atoms with Gasteiger partial charge in [-0.15, -0.1) is 0 Å². The van der Waals surface area contributed by atoms with E-state index in [1.807, 2.05) is 56.4 Å². The van der Waals surface area contributed by atoms with Gasteiger partial charge in [0.1, 0.15) is 6.10 Å². The molecule has 0 aliphatic carbocycles. The third-order valence-corrected chi connectivity index (χ3v) is 5.05. The Bertz CT molecular complexity index is 877. The fraction of sp³-hybridized carbons (Fsp3) is 0.440. The van der Waals surface area contributed by atoms with Gasteiger partial charge in [0.2, 0.25) is 0 Å². The molecule has 0 amide bonds. The maximum atomic E-state index is 13.1. The highest BCUT2D eigenvalue weighted by atomic mass is 16.5. The van der Waals surface area contributed by atoms with Crippen molar-refractivity contribution in [3.63, 3.8) is 0 Å². The van der Waals surface area contributed by atoms with Crippen LogP contribution in [0.2, 0.25) is 0 Å². The first-order valence-corrected chi connectivity index (χ1v) is 10.2. The summed E-state index contributed by atoms with van der Waals surface area (Å²) in [6, 6.07) is 12.0. The maximum Gasteiger partial charge on any atom is 0.339 e. The van der Waals surface area contributed by atoms with Gasteiger partial charge in [-0.25, -0.2) is 9.79 Å². The Morgan fingerprint density at radius 1 is 1.10 bits per heavy atom. The summed E-state index contributed by atoms with van der Waals surface area (Å²) < 4.78 is 6.03. The Morgan fingerprint density at radius 3 is 2.28 bits per heavy atom. The van der Waals surface area contributed by atoms with E-state index in [9.17, 15) is 4.79 Å². The van der Waals surface area contributed by atoms with Crippen LogP contribution in [0.25, 0.3) is 0 Å². The molecule has 0 bridgehead atoms. The van der Waals surface area contributed by atoms with E-state index in [0.29, 0.717) is 5.56 Å². The standard InChI is InChI=1S/C25H34N2O2/c1-9-27(8)16-26-22-15-18(3)21(14-19(22)4)24(28)29-23(25(5,6)7)20-12-10-17(2)11-13-20/h10-16,23H,9H2,1-8H3/b26-16+. The molecule has 4 heteroatoms. The molecule has 0 spiro atoms. The SMILES string of the molecule is CCN(C)/C=N/c1cc(C)c(C(=O)OC(c2ccc(C)cc2)C(C)(C)C)cc1C. The van der Waals surface area contributed by atoms with Crippen molar-refractivity contribution in [3.8, 4) is 0 Å². The normalized spacial score (nSPS) is 12.8. The lowest BCUT2D eigenvalue weighted by Gasteiger charge is -2.31. The van der Waals surface area contributed by atoms with Gasteiger partial charge >= 0.3 is 5.97 Å². The zero-order chi connectivity index (χ0) is 21.8. The topological polar surface area (TPSA) is 41.9 Å². The summed E-state index contributed by atoms with van der Waals surface area (Å²) in [5, 5.41) is 0. The van der Waals surface area contributed by atoms with E-state index in [2.05, 4.69) is 51.7 Å². The van der Waals surface area contributed by atoms with Gasteiger partial charge in [0.05, 0.1) is 17.6 Å². The second-order valence-corrected chi connectivity index (χ2v) is 8.83. The van der Waals surface area contributed by atoms with Crippen LogP contribution in [-0.4, -0.2) is 30.8 Å². The van der Waals surface area contributed by atoms with E-state index in [1.54, 1.807) is 0 Å². The molecule has 0 saturated heterocycles. The van der Waals surface area contributed by atoms with Crippen LogP contribution in [0.1, 0.15) is 66.4 Å². The minimum absolute atomic E-state index is 0.219. The minimum atomic E-state index is -0.328. The number of aliphatic imine (C=N–C) groups is 1. The molecule has 2 aromatic carbocycles. The van der Waals surface area contributed by atoms with Gasteiger partial charge in [-0.1, -0.05) is 50.6 Å². The van der Waals surface area contributed by atoms with E-state index < -0.39 is 0 Å². The second-order valence-electron chi connectivity index (χ2n) is 8.83. The molecular weight excluding hydrogens is 360 g/mol. The Kier molecular flexibility index (Phi) is 7.23. The molecular formula is C25H34N2O2. The zero-order valence-corrected chi connectivity index (χ0v) is 19.0. The van der Waals surface area contributed by atoms with Crippen molar-refractivity contribution in [2.45, 2.75) is 54.6 Å². The predicted molar refractivity (Wildman–Crippen MR) is 121 cm³/mol. The number of ether oxygens (including phenoxy) is 1. The van der Waals surface area contributed by atoms with E-state index >= 15 is 0 Å². The fourth-order valence-corrected chi connectivity index (χ4v) is 3.06.